The lowest BCUT2D eigenvalue weighted by molar-refractivity contribution is 0.127. The van der Waals surface area contributed by atoms with Gasteiger partial charge in [-0.1, -0.05) is 6.42 Å². The van der Waals surface area contributed by atoms with Gasteiger partial charge >= 0.3 is 0 Å². The van der Waals surface area contributed by atoms with Gasteiger partial charge in [0.25, 0.3) is 0 Å². The third-order valence-electron chi connectivity index (χ3n) is 3.82. The van der Waals surface area contributed by atoms with Gasteiger partial charge < -0.3 is 5.73 Å². The first kappa shape index (κ1) is 12.6. The highest BCUT2D eigenvalue weighted by atomic mass is 15.3. The molecule has 4 heteroatoms. The van der Waals surface area contributed by atoms with E-state index in [-0.39, 0.29) is 0 Å². The summed E-state index contributed by atoms with van der Waals surface area (Å²) in [5.74, 6) is 0. The molecular formula is C13H24N4. The Kier molecular flexibility index (Phi) is 4.57. The van der Waals surface area contributed by atoms with E-state index in [2.05, 4.69) is 16.1 Å². The maximum absolute atomic E-state index is 5.61. The van der Waals surface area contributed by atoms with E-state index in [1.54, 1.807) is 0 Å². The lowest BCUT2D eigenvalue weighted by atomic mass is 9.91. The van der Waals surface area contributed by atoms with Crippen LogP contribution in [0, 0.1) is 0 Å². The summed E-state index contributed by atoms with van der Waals surface area (Å²) < 4.78 is 1.97. The fourth-order valence-electron chi connectivity index (χ4n) is 2.43. The maximum atomic E-state index is 5.61. The SMILES string of the molecule is Cn1nccc1CCN(CCCN)C1CCC1. The van der Waals surface area contributed by atoms with E-state index < -0.39 is 0 Å². The minimum absolute atomic E-state index is 0.801. The minimum atomic E-state index is 0.801. The van der Waals surface area contributed by atoms with Gasteiger partial charge in [0, 0.05) is 37.9 Å². The Balaban J connectivity index is 1.82. The Hall–Kier alpha value is -0.870. The van der Waals surface area contributed by atoms with Crippen LogP contribution in [0.15, 0.2) is 12.3 Å². The average molecular weight is 236 g/mol. The molecule has 1 aliphatic rings. The van der Waals surface area contributed by atoms with E-state index >= 15 is 0 Å². The summed E-state index contributed by atoms with van der Waals surface area (Å²) in [5.41, 5.74) is 6.93. The summed E-state index contributed by atoms with van der Waals surface area (Å²) >= 11 is 0. The highest BCUT2D eigenvalue weighted by Gasteiger charge is 2.24. The van der Waals surface area contributed by atoms with E-state index in [0.717, 1.165) is 38.5 Å². The molecular weight excluding hydrogens is 212 g/mol. The standard InChI is InChI=1S/C13H24N4/c1-16-12(6-9-15-16)7-11-17(10-3-8-14)13-4-2-5-13/h6,9,13H,2-5,7-8,10-11,14H2,1H3. The molecule has 1 heterocycles. The molecule has 0 amide bonds. The van der Waals surface area contributed by atoms with Gasteiger partial charge in [-0.05, 0) is 38.4 Å². The Morgan fingerprint density at radius 1 is 1.47 bits per heavy atom. The molecule has 1 aromatic heterocycles. The lowest BCUT2D eigenvalue weighted by Crippen LogP contribution is -2.42. The first-order valence-corrected chi connectivity index (χ1v) is 6.72. The van der Waals surface area contributed by atoms with Crippen molar-refractivity contribution in [2.45, 2.75) is 38.1 Å². The predicted molar refractivity (Wildman–Crippen MR) is 69.8 cm³/mol. The van der Waals surface area contributed by atoms with Crippen molar-refractivity contribution >= 4 is 0 Å². The normalized spacial score (nSPS) is 16.4. The third-order valence-corrected chi connectivity index (χ3v) is 3.82. The van der Waals surface area contributed by atoms with Crippen molar-refractivity contribution in [3.63, 3.8) is 0 Å². The molecule has 0 atom stereocenters. The van der Waals surface area contributed by atoms with Crippen LogP contribution < -0.4 is 5.73 Å². The van der Waals surface area contributed by atoms with Crippen LogP contribution in [0.5, 0.6) is 0 Å². The average Bonchev–Trinajstić information content (AvgIpc) is 2.65. The zero-order chi connectivity index (χ0) is 12.1. The second-order valence-electron chi connectivity index (χ2n) is 4.96. The van der Waals surface area contributed by atoms with Gasteiger partial charge in [0.05, 0.1) is 0 Å². The molecule has 17 heavy (non-hydrogen) atoms. The van der Waals surface area contributed by atoms with Crippen molar-refractivity contribution in [1.29, 1.82) is 0 Å². The highest BCUT2D eigenvalue weighted by molar-refractivity contribution is 5.00. The highest BCUT2D eigenvalue weighted by Crippen LogP contribution is 2.24. The molecule has 0 aromatic carbocycles. The molecule has 96 valence electrons. The quantitative estimate of drug-likeness (QED) is 0.773. The maximum Gasteiger partial charge on any atom is 0.0492 e. The number of nitrogens with zero attached hydrogens (tertiary/aromatic N) is 3. The van der Waals surface area contributed by atoms with Crippen LogP contribution in [0.25, 0.3) is 0 Å². The fourth-order valence-corrected chi connectivity index (χ4v) is 2.43. The molecule has 1 saturated carbocycles. The summed E-state index contributed by atoms with van der Waals surface area (Å²) in [6, 6.07) is 2.93. The molecule has 0 saturated heterocycles. The summed E-state index contributed by atoms with van der Waals surface area (Å²) in [7, 11) is 2.02. The third kappa shape index (κ3) is 3.30. The number of hydrogen-bond donors (Lipinski definition) is 1. The monoisotopic (exact) mass is 236 g/mol. The zero-order valence-electron chi connectivity index (χ0n) is 10.8. The molecule has 0 spiro atoms. The predicted octanol–water partition coefficient (Wildman–Crippen LogP) is 1.17. The molecule has 1 fully saturated rings. The number of hydrogen-bond acceptors (Lipinski definition) is 3. The van der Waals surface area contributed by atoms with Crippen LogP contribution in [0.3, 0.4) is 0 Å². The smallest absolute Gasteiger partial charge is 0.0492 e. The number of aryl methyl sites for hydroxylation is 1. The molecule has 4 nitrogen and oxygen atoms in total. The Morgan fingerprint density at radius 3 is 2.82 bits per heavy atom. The molecule has 1 aliphatic carbocycles. The van der Waals surface area contributed by atoms with E-state index in [0.29, 0.717) is 0 Å². The van der Waals surface area contributed by atoms with Crippen LogP contribution in [0.4, 0.5) is 0 Å². The minimum Gasteiger partial charge on any atom is -0.330 e. The molecule has 0 aliphatic heterocycles. The molecule has 2 N–H and O–H groups in total. The summed E-state index contributed by atoms with van der Waals surface area (Å²) in [4.78, 5) is 2.61. The second kappa shape index (κ2) is 6.17. The molecule has 0 radical (unpaired) electrons. The summed E-state index contributed by atoms with van der Waals surface area (Å²) in [6.45, 7) is 3.10. The van der Waals surface area contributed by atoms with Gasteiger partial charge in [-0.3, -0.25) is 9.58 Å². The Labute approximate surface area is 104 Å². The van der Waals surface area contributed by atoms with E-state index in [1.807, 2.05) is 17.9 Å². The first-order valence-electron chi connectivity index (χ1n) is 6.72. The van der Waals surface area contributed by atoms with Crippen molar-refractivity contribution < 1.29 is 0 Å². The van der Waals surface area contributed by atoms with Crippen LogP contribution in [0.2, 0.25) is 0 Å². The van der Waals surface area contributed by atoms with Crippen molar-refractivity contribution in [1.82, 2.24) is 14.7 Å². The van der Waals surface area contributed by atoms with Crippen LogP contribution in [-0.4, -0.2) is 40.4 Å². The van der Waals surface area contributed by atoms with Crippen molar-refractivity contribution in [2.75, 3.05) is 19.6 Å². The van der Waals surface area contributed by atoms with E-state index in [4.69, 9.17) is 5.73 Å². The second-order valence-corrected chi connectivity index (χ2v) is 4.96. The van der Waals surface area contributed by atoms with Crippen LogP contribution in [-0.2, 0) is 13.5 Å². The van der Waals surface area contributed by atoms with Gasteiger partial charge in [0.1, 0.15) is 0 Å². The fraction of sp³-hybridized carbons (Fsp3) is 0.769. The van der Waals surface area contributed by atoms with Crippen LogP contribution >= 0.6 is 0 Å². The Bertz CT molecular complexity index is 330. The molecule has 0 unspecified atom stereocenters. The number of rotatable bonds is 7. The number of nitrogens with two attached hydrogens (primary N) is 1. The largest absolute Gasteiger partial charge is 0.330 e. The van der Waals surface area contributed by atoms with Gasteiger partial charge in [0.2, 0.25) is 0 Å². The molecule has 0 bridgehead atoms. The van der Waals surface area contributed by atoms with Gasteiger partial charge in [-0.25, -0.2) is 0 Å². The zero-order valence-corrected chi connectivity index (χ0v) is 10.8. The van der Waals surface area contributed by atoms with Gasteiger partial charge in [-0.2, -0.15) is 5.10 Å². The molecule has 1 aromatic rings. The van der Waals surface area contributed by atoms with Gasteiger partial charge in [0.15, 0.2) is 0 Å². The van der Waals surface area contributed by atoms with Crippen molar-refractivity contribution in [2.24, 2.45) is 12.8 Å². The van der Waals surface area contributed by atoms with Crippen molar-refractivity contribution in [3.05, 3.63) is 18.0 Å². The molecule has 2 rings (SSSR count). The Morgan fingerprint density at radius 2 is 2.29 bits per heavy atom. The number of aromatic nitrogens is 2. The van der Waals surface area contributed by atoms with Crippen LogP contribution in [0.1, 0.15) is 31.4 Å². The lowest BCUT2D eigenvalue weighted by Gasteiger charge is -2.37. The van der Waals surface area contributed by atoms with E-state index in [1.165, 1.54) is 25.0 Å². The topological polar surface area (TPSA) is 47.1 Å². The summed E-state index contributed by atoms with van der Waals surface area (Å²) in [5, 5.41) is 4.21. The van der Waals surface area contributed by atoms with Crippen molar-refractivity contribution in [3.8, 4) is 0 Å². The summed E-state index contributed by atoms with van der Waals surface area (Å²) in [6.07, 6.45) is 8.23. The van der Waals surface area contributed by atoms with E-state index in [9.17, 15) is 0 Å². The first-order chi connectivity index (χ1) is 8.31. The van der Waals surface area contributed by atoms with Gasteiger partial charge in [-0.15, -0.1) is 0 Å².